The number of nitro benzene ring substituents is 1. The van der Waals surface area contributed by atoms with E-state index in [-0.39, 0.29) is 23.8 Å². The van der Waals surface area contributed by atoms with Crippen molar-refractivity contribution in [3.8, 4) is 11.8 Å². The van der Waals surface area contributed by atoms with Crippen molar-refractivity contribution in [3.63, 3.8) is 0 Å². The molecule has 0 bridgehead atoms. The molecule has 1 saturated carbocycles. The number of benzene rings is 2. The van der Waals surface area contributed by atoms with Crippen molar-refractivity contribution in [2.45, 2.75) is 50.0 Å². The zero-order valence-corrected chi connectivity index (χ0v) is 19.8. The van der Waals surface area contributed by atoms with Crippen LogP contribution in [0.4, 0.5) is 17.2 Å². The Labute approximate surface area is 208 Å². The minimum atomic E-state index is -0.523. The largest absolute Gasteiger partial charge is 0.429 e. The number of rotatable bonds is 7. The second-order valence-electron chi connectivity index (χ2n) is 8.80. The van der Waals surface area contributed by atoms with E-state index in [1.165, 1.54) is 35.5 Å². The maximum atomic E-state index is 10.2. The summed E-state index contributed by atoms with van der Waals surface area (Å²) in [7, 11) is 1.79. The number of nitrogens with one attached hydrogen (secondary N) is 2. The predicted octanol–water partition coefficient (Wildman–Crippen LogP) is 5.12. The number of methoxy groups -OCH3 is 1. The summed E-state index contributed by atoms with van der Waals surface area (Å²) in [5.41, 5.74) is 4.60. The van der Waals surface area contributed by atoms with Gasteiger partial charge in [0, 0.05) is 42.6 Å². The SMILES string of the molecule is COC1CCC(c2cc(Nc3ccc4c(c3)C(C#N)CC4)n[nH]2)C1.O=COc1ccc([N+](=O)[O-])cc1. The molecule has 0 radical (unpaired) electrons. The Bertz CT molecular complexity index is 1250. The van der Waals surface area contributed by atoms with E-state index in [9.17, 15) is 20.2 Å². The highest BCUT2D eigenvalue weighted by Gasteiger charge is 2.27. The van der Waals surface area contributed by atoms with Crippen molar-refractivity contribution >= 4 is 23.7 Å². The molecule has 3 unspecified atom stereocenters. The summed E-state index contributed by atoms with van der Waals surface area (Å²) in [6, 6.07) is 16.0. The first-order chi connectivity index (χ1) is 17.5. The second kappa shape index (κ2) is 11.5. The van der Waals surface area contributed by atoms with E-state index in [2.05, 4.69) is 50.6 Å². The number of non-ortho nitro benzene ring substituents is 1. The molecule has 0 saturated heterocycles. The Morgan fingerprint density at radius 2 is 2.00 bits per heavy atom. The summed E-state index contributed by atoms with van der Waals surface area (Å²) in [4.78, 5) is 19.5. The van der Waals surface area contributed by atoms with Crippen LogP contribution in [0.15, 0.2) is 48.5 Å². The first kappa shape index (κ1) is 24.9. The van der Waals surface area contributed by atoms with E-state index in [4.69, 9.17) is 4.74 Å². The number of anilines is 2. The van der Waals surface area contributed by atoms with Gasteiger partial charge < -0.3 is 14.8 Å². The zero-order chi connectivity index (χ0) is 25.5. The molecule has 3 atom stereocenters. The van der Waals surface area contributed by atoms with E-state index in [1.807, 2.05) is 0 Å². The number of aromatic nitrogens is 2. The monoisotopic (exact) mass is 489 g/mol. The molecular formula is C26H27N5O5. The second-order valence-corrected chi connectivity index (χ2v) is 8.80. The van der Waals surface area contributed by atoms with Crippen LogP contribution in [-0.2, 0) is 16.0 Å². The molecule has 1 heterocycles. The summed E-state index contributed by atoms with van der Waals surface area (Å²) in [6.45, 7) is 0.265. The molecule has 0 aliphatic heterocycles. The van der Waals surface area contributed by atoms with E-state index >= 15 is 0 Å². The summed E-state index contributed by atoms with van der Waals surface area (Å²) >= 11 is 0. The lowest BCUT2D eigenvalue weighted by Gasteiger charge is -2.08. The van der Waals surface area contributed by atoms with Crippen molar-refractivity contribution < 1.29 is 19.2 Å². The molecule has 2 aliphatic carbocycles. The van der Waals surface area contributed by atoms with Crippen molar-refractivity contribution in [2.24, 2.45) is 0 Å². The number of nitrogens with zero attached hydrogens (tertiary/aromatic N) is 3. The van der Waals surface area contributed by atoms with Crippen LogP contribution in [0.25, 0.3) is 0 Å². The fraction of sp³-hybridized carbons (Fsp3) is 0.346. The van der Waals surface area contributed by atoms with Crippen LogP contribution in [0.3, 0.4) is 0 Å². The third-order valence-corrected chi connectivity index (χ3v) is 6.64. The molecule has 2 aromatic carbocycles. The Kier molecular flexibility index (Phi) is 7.92. The van der Waals surface area contributed by atoms with Crippen LogP contribution < -0.4 is 10.1 Å². The van der Waals surface area contributed by atoms with Gasteiger partial charge in [-0.05, 0) is 67.5 Å². The third-order valence-electron chi connectivity index (χ3n) is 6.64. The molecule has 36 heavy (non-hydrogen) atoms. The first-order valence-corrected chi connectivity index (χ1v) is 11.7. The van der Waals surface area contributed by atoms with E-state index in [0.29, 0.717) is 12.0 Å². The van der Waals surface area contributed by atoms with Crippen molar-refractivity contribution in [3.05, 3.63) is 75.5 Å². The lowest BCUT2D eigenvalue weighted by Crippen LogP contribution is -2.04. The van der Waals surface area contributed by atoms with Crippen LogP contribution in [-0.4, -0.2) is 34.8 Å². The van der Waals surface area contributed by atoms with Crippen LogP contribution in [0.5, 0.6) is 5.75 Å². The molecule has 0 amide bonds. The van der Waals surface area contributed by atoms with Gasteiger partial charge in [-0.15, -0.1) is 0 Å². The van der Waals surface area contributed by atoms with Gasteiger partial charge in [0.05, 0.1) is 23.0 Å². The lowest BCUT2D eigenvalue weighted by atomic mass is 10.0. The average molecular weight is 490 g/mol. The van der Waals surface area contributed by atoms with Gasteiger partial charge in [0.15, 0.2) is 5.82 Å². The van der Waals surface area contributed by atoms with Gasteiger partial charge in [-0.3, -0.25) is 20.0 Å². The van der Waals surface area contributed by atoms with Gasteiger partial charge in [-0.1, -0.05) is 6.07 Å². The number of fused-ring (bicyclic) bond motifs is 1. The van der Waals surface area contributed by atoms with Crippen LogP contribution in [0, 0.1) is 21.4 Å². The minimum absolute atomic E-state index is 0.0287. The smallest absolute Gasteiger partial charge is 0.298 e. The van der Waals surface area contributed by atoms with Gasteiger partial charge >= 0.3 is 0 Å². The fourth-order valence-corrected chi connectivity index (χ4v) is 4.71. The fourth-order valence-electron chi connectivity index (χ4n) is 4.71. The van der Waals surface area contributed by atoms with E-state index in [0.717, 1.165) is 49.2 Å². The van der Waals surface area contributed by atoms with Gasteiger partial charge in [0.25, 0.3) is 12.2 Å². The number of nitro groups is 1. The summed E-state index contributed by atoms with van der Waals surface area (Å²) in [6.07, 6.45) is 5.62. The maximum Gasteiger partial charge on any atom is 0.298 e. The molecule has 1 aromatic heterocycles. The van der Waals surface area contributed by atoms with Crippen molar-refractivity contribution in [2.75, 3.05) is 12.4 Å². The van der Waals surface area contributed by atoms with E-state index in [1.54, 1.807) is 7.11 Å². The Hall–Kier alpha value is -4.23. The molecule has 2 N–H and O–H groups in total. The molecule has 2 aliphatic rings. The van der Waals surface area contributed by atoms with Crippen LogP contribution >= 0.6 is 0 Å². The van der Waals surface area contributed by atoms with Gasteiger partial charge in [-0.2, -0.15) is 10.4 Å². The Morgan fingerprint density at radius 3 is 2.67 bits per heavy atom. The van der Waals surface area contributed by atoms with Crippen LogP contribution in [0.1, 0.15) is 54.3 Å². The number of H-pyrrole nitrogens is 1. The maximum absolute atomic E-state index is 10.2. The summed E-state index contributed by atoms with van der Waals surface area (Å²) in [5, 5.41) is 30.4. The quantitative estimate of drug-likeness (QED) is 0.264. The molecule has 5 rings (SSSR count). The summed E-state index contributed by atoms with van der Waals surface area (Å²) in [5.74, 6) is 1.65. The van der Waals surface area contributed by atoms with E-state index < -0.39 is 4.92 Å². The zero-order valence-electron chi connectivity index (χ0n) is 19.8. The van der Waals surface area contributed by atoms with Crippen molar-refractivity contribution in [1.29, 1.82) is 5.26 Å². The first-order valence-electron chi connectivity index (χ1n) is 11.7. The topological polar surface area (TPSA) is 143 Å². The number of carbonyl (C=O) groups is 1. The third kappa shape index (κ3) is 5.87. The molecule has 0 spiro atoms. The highest BCUT2D eigenvalue weighted by Crippen LogP contribution is 2.37. The molecule has 10 heteroatoms. The number of aromatic amines is 1. The molecule has 186 valence electrons. The Morgan fingerprint density at radius 1 is 1.19 bits per heavy atom. The molecule has 10 nitrogen and oxygen atoms in total. The Balaban J connectivity index is 0.000000214. The van der Waals surface area contributed by atoms with Crippen molar-refractivity contribution in [1.82, 2.24) is 10.2 Å². The standard InChI is InChI=1S/C19H22N4O.C7H5NO4/c1-24-16-7-5-13(8-16)18-10-19(23-22-18)21-15-6-4-12-2-3-14(11-20)17(12)9-15;9-5-12-7-3-1-6(2-4-7)8(10)11/h4,6,9-10,13-14,16H,2-3,5,7-8H2,1H3,(H2,21,22,23);1-5H. The summed E-state index contributed by atoms with van der Waals surface area (Å²) < 4.78 is 9.89. The highest BCUT2D eigenvalue weighted by atomic mass is 16.6. The average Bonchev–Trinajstić information content (AvgIpc) is 3.64. The number of carbonyl (C=O) groups excluding carboxylic acids is 1. The molecule has 1 fully saturated rings. The number of hydrogen-bond donors (Lipinski definition) is 2. The number of nitriles is 1. The molecular weight excluding hydrogens is 462 g/mol. The molecule has 3 aromatic rings. The normalized spacial score (nSPS) is 19.9. The minimum Gasteiger partial charge on any atom is -0.429 e. The predicted molar refractivity (Wildman–Crippen MR) is 132 cm³/mol. The lowest BCUT2D eigenvalue weighted by molar-refractivity contribution is -0.384. The number of ether oxygens (including phenoxy) is 2. The van der Waals surface area contributed by atoms with Gasteiger partial charge in [0.2, 0.25) is 0 Å². The number of hydrogen-bond acceptors (Lipinski definition) is 8. The van der Waals surface area contributed by atoms with Crippen LogP contribution in [0.2, 0.25) is 0 Å². The highest BCUT2D eigenvalue weighted by molar-refractivity contribution is 5.60. The number of aryl methyl sites for hydroxylation is 1. The van der Waals surface area contributed by atoms with Gasteiger partial charge in [0.1, 0.15) is 5.75 Å². The van der Waals surface area contributed by atoms with Gasteiger partial charge in [-0.25, -0.2) is 0 Å².